The zero-order valence-electron chi connectivity index (χ0n) is 16.4. The first kappa shape index (κ1) is 23.7. The lowest BCUT2D eigenvalue weighted by molar-refractivity contribution is -0.120. The first-order valence-corrected chi connectivity index (χ1v) is 12.9. The molecule has 0 saturated carbocycles. The Hall–Kier alpha value is -1.99. The number of alkyl carbamates (subject to hydrolysis) is 1. The van der Waals surface area contributed by atoms with Crippen molar-refractivity contribution in [1.82, 2.24) is 9.62 Å². The van der Waals surface area contributed by atoms with E-state index >= 15 is 0 Å². The monoisotopic (exact) mass is 505 g/mol. The molecule has 2 aromatic rings. The lowest BCUT2D eigenvalue weighted by Crippen LogP contribution is -2.49. The Morgan fingerprint density at radius 2 is 2.03 bits per heavy atom. The van der Waals surface area contributed by atoms with Crippen LogP contribution >= 0.6 is 34.3 Å². The van der Waals surface area contributed by atoms with Gasteiger partial charge in [-0.05, 0) is 43.3 Å². The van der Waals surface area contributed by atoms with E-state index in [4.69, 9.17) is 11.6 Å². The quantitative estimate of drug-likeness (QED) is 0.619. The molecular weight excluding hydrogens is 486 g/mol. The molecule has 3 rings (SSSR count). The number of thiophene rings is 2. The average molecular weight is 506 g/mol. The number of carbonyl (C=O) groups excluding carboxylic acids is 3. The van der Waals surface area contributed by atoms with Crippen molar-refractivity contribution in [2.45, 2.75) is 36.4 Å². The summed E-state index contributed by atoms with van der Waals surface area (Å²) >= 11 is 7.91. The van der Waals surface area contributed by atoms with E-state index in [0.29, 0.717) is 23.6 Å². The molecule has 1 aliphatic heterocycles. The molecule has 2 aromatic heterocycles. The molecule has 0 radical (unpaired) electrons. The highest BCUT2D eigenvalue weighted by atomic mass is 35.5. The maximum absolute atomic E-state index is 13.1. The Labute approximate surface area is 192 Å². The highest BCUT2D eigenvalue weighted by molar-refractivity contribution is 7.91. The van der Waals surface area contributed by atoms with Crippen LogP contribution in [0.3, 0.4) is 0 Å². The van der Waals surface area contributed by atoms with E-state index in [-0.39, 0.29) is 27.9 Å². The summed E-state index contributed by atoms with van der Waals surface area (Å²) in [6, 6.07) is 3.45. The van der Waals surface area contributed by atoms with Crippen molar-refractivity contribution in [2.75, 3.05) is 18.5 Å². The van der Waals surface area contributed by atoms with Crippen LogP contribution in [0.15, 0.2) is 27.8 Å². The molecule has 1 atom stereocenters. The second-order valence-electron chi connectivity index (χ2n) is 6.51. The van der Waals surface area contributed by atoms with Crippen molar-refractivity contribution in [2.24, 2.45) is 0 Å². The van der Waals surface area contributed by atoms with Gasteiger partial charge in [-0.2, -0.15) is 4.31 Å². The molecule has 1 aliphatic rings. The van der Waals surface area contributed by atoms with Crippen molar-refractivity contribution in [3.8, 4) is 0 Å². The second-order valence-corrected chi connectivity index (χ2v) is 11.3. The van der Waals surface area contributed by atoms with Crippen LogP contribution in [0.25, 0.3) is 0 Å². The summed E-state index contributed by atoms with van der Waals surface area (Å²) in [6.07, 6.45) is 0.777. The van der Waals surface area contributed by atoms with Gasteiger partial charge in [0, 0.05) is 6.54 Å². The van der Waals surface area contributed by atoms with Gasteiger partial charge in [-0.15, -0.1) is 22.7 Å². The van der Waals surface area contributed by atoms with Crippen molar-refractivity contribution in [3.63, 3.8) is 0 Å². The highest BCUT2D eigenvalue weighted by Crippen LogP contribution is 2.32. The molecule has 1 saturated heterocycles. The van der Waals surface area contributed by atoms with Crippen LogP contribution in [0, 0.1) is 0 Å². The largest absolute Gasteiger partial charge is 0.450 e. The molecule has 3 heterocycles. The Kier molecular flexibility index (Phi) is 7.70. The number of hydrogen-bond acceptors (Lipinski definition) is 8. The van der Waals surface area contributed by atoms with Gasteiger partial charge in [-0.1, -0.05) is 18.0 Å². The third-order valence-corrected chi connectivity index (χ3v) is 8.94. The zero-order chi connectivity index (χ0) is 22.6. The average Bonchev–Trinajstić information content (AvgIpc) is 3.37. The predicted octanol–water partition coefficient (Wildman–Crippen LogP) is 3.53. The Bertz CT molecular complexity index is 1080. The Morgan fingerprint density at radius 3 is 2.71 bits per heavy atom. The summed E-state index contributed by atoms with van der Waals surface area (Å²) < 4.78 is 32.4. The molecular formula is C18H20ClN3O6S3. The fraction of sp³-hybridized carbons (Fsp3) is 0.389. The van der Waals surface area contributed by atoms with E-state index in [1.807, 2.05) is 0 Å². The van der Waals surface area contributed by atoms with Crippen molar-refractivity contribution < 1.29 is 27.5 Å². The number of nitrogens with one attached hydrogen (secondary N) is 2. The number of rotatable bonds is 6. The number of ether oxygens (including phenoxy) is 1. The van der Waals surface area contributed by atoms with E-state index in [9.17, 15) is 22.8 Å². The molecule has 0 aromatic carbocycles. The minimum Gasteiger partial charge on any atom is -0.450 e. The molecule has 0 spiro atoms. The predicted molar refractivity (Wildman–Crippen MR) is 118 cm³/mol. The lowest BCUT2D eigenvalue weighted by atomic mass is 10.0. The molecule has 0 aliphatic carbocycles. The summed E-state index contributed by atoms with van der Waals surface area (Å²) in [6.45, 7) is 1.92. The van der Waals surface area contributed by atoms with Crippen molar-refractivity contribution in [3.05, 3.63) is 33.5 Å². The van der Waals surface area contributed by atoms with E-state index in [2.05, 4.69) is 15.4 Å². The van der Waals surface area contributed by atoms with Crippen LogP contribution in [0.2, 0.25) is 4.34 Å². The minimum atomic E-state index is -3.89. The van der Waals surface area contributed by atoms with E-state index in [1.54, 1.807) is 12.3 Å². The molecule has 13 heteroatoms. The van der Waals surface area contributed by atoms with Crippen molar-refractivity contribution >= 4 is 67.2 Å². The number of sulfonamides is 1. The van der Waals surface area contributed by atoms with E-state index in [0.717, 1.165) is 22.7 Å². The van der Waals surface area contributed by atoms with Crippen LogP contribution in [-0.2, 0) is 19.6 Å². The van der Waals surface area contributed by atoms with Gasteiger partial charge in [0.15, 0.2) is 0 Å². The molecule has 1 fully saturated rings. The summed E-state index contributed by atoms with van der Waals surface area (Å²) in [5.41, 5.74) is 0.0849. The molecule has 31 heavy (non-hydrogen) atoms. The van der Waals surface area contributed by atoms with Crippen LogP contribution in [0.5, 0.6) is 0 Å². The van der Waals surface area contributed by atoms with Gasteiger partial charge in [-0.25, -0.2) is 13.2 Å². The van der Waals surface area contributed by atoms with Crippen LogP contribution < -0.4 is 10.6 Å². The minimum absolute atomic E-state index is 0.0721. The fourth-order valence-electron chi connectivity index (χ4n) is 3.11. The van der Waals surface area contributed by atoms with E-state index < -0.39 is 34.0 Å². The summed E-state index contributed by atoms with van der Waals surface area (Å²) in [5.74, 6) is -1.27. The van der Waals surface area contributed by atoms with Gasteiger partial charge in [-0.3, -0.25) is 14.9 Å². The number of piperidine rings is 1. The van der Waals surface area contributed by atoms with Gasteiger partial charge >= 0.3 is 6.09 Å². The van der Waals surface area contributed by atoms with Crippen molar-refractivity contribution in [1.29, 1.82) is 0 Å². The van der Waals surface area contributed by atoms with Gasteiger partial charge < -0.3 is 10.1 Å². The highest BCUT2D eigenvalue weighted by Gasteiger charge is 2.38. The number of anilines is 1. The van der Waals surface area contributed by atoms with Gasteiger partial charge in [0.05, 0.1) is 16.5 Å². The smallest absolute Gasteiger partial charge is 0.414 e. The third-order valence-electron chi connectivity index (χ3n) is 4.51. The standard InChI is InChI=1S/C18H20ClN3O6S3/c1-2-28-18(25)21-15(23)11-8-10-29-17(11)20-16(24)12-5-3-4-9-22(12)31(26,27)14-7-6-13(19)30-14/h6-8,10,12H,2-5,9H2,1H3,(H,20,24)(H,21,23,25). The normalized spacial score (nSPS) is 17.2. The Morgan fingerprint density at radius 1 is 1.26 bits per heavy atom. The maximum atomic E-state index is 13.1. The number of halogens is 1. The molecule has 2 N–H and O–H groups in total. The first-order chi connectivity index (χ1) is 14.7. The fourth-order valence-corrected chi connectivity index (χ4v) is 7.17. The van der Waals surface area contributed by atoms with Gasteiger partial charge in [0.2, 0.25) is 5.91 Å². The first-order valence-electron chi connectivity index (χ1n) is 9.37. The second kappa shape index (κ2) is 10.1. The molecule has 3 amide bonds. The number of carbonyl (C=O) groups is 3. The number of hydrogen-bond donors (Lipinski definition) is 2. The molecule has 168 valence electrons. The molecule has 0 bridgehead atoms. The van der Waals surface area contributed by atoms with Crippen LogP contribution in [-0.4, -0.2) is 49.8 Å². The molecule has 9 nitrogen and oxygen atoms in total. The van der Waals surface area contributed by atoms with Crippen LogP contribution in [0.1, 0.15) is 36.5 Å². The summed E-state index contributed by atoms with van der Waals surface area (Å²) in [5, 5.41) is 6.51. The lowest BCUT2D eigenvalue weighted by Gasteiger charge is -2.33. The third kappa shape index (κ3) is 5.44. The molecule has 1 unspecified atom stereocenters. The number of imide groups is 1. The van der Waals surface area contributed by atoms with Gasteiger partial charge in [0.1, 0.15) is 15.3 Å². The summed E-state index contributed by atoms with van der Waals surface area (Å²) in [7, 11) is -3.89. The zero-order valence-corrected chi connectivity index (χ0v) is 19.6. The topological polar surface area (TPSA) is 122 Å². The van der Waals surface area contributed by atoms with Gasteiger partial charge in [0.25, 0.3) is 15.9 Å². The maximum Gasteiger partial charge on any atom is 0.414 e. The SMILES string of the molecule is CCOC(=O)NC(=O)c1ccsc1NC(=O)C1CCCCN1S(=O)(=O)c1ccc(Cl)s1. The van der Waals surface area contributed by atoms with Crippen LogP contribution in [0.4, 0.5) is 9.80 Å². The number of amides is 3. The Balaban J connectivity index is 1.77. The summed E-state index contributed by atoms with van der Waals surface area (Å²) in [4.78, 5) is 36.8. The van der Waals surface area contributed by atoms with E-state index in [1.165, 1.54) is 22.5 Å². The number of nitrogens with zero attached hydrogens (tertiary/aromatic N) is 1.